The van der Waals surface area contributed by atoms with Gasteiger partial charge in [-0.25, -0.2) is 12.8 Å². The Morgan fingerprint density at radius 1 is 1.50 bits per heavy atom. The van der Waals surface area contributed by atoms with E-state index < -0.39 is 39.4 Å². The van der Waals surface area contributed by atoms with Gasteiger partial charge in [0.15, 0.2) is 11.6 Å². The zero-order valence-electron chi connectivity index (χ0n) is 10.5. The van der Waals surface area contributed by atoms with Crippen LogP contribution in [0.2, 0.25) is 0 Å². The predicted molar refractivity (Wildman–Crippen MR) is 66.4 cm³/mol. The molecule has 0 aliphatic rings. The Morgan fingerprint density at radius 2 is 2.15 bits per heavy atom. The van der Waals surface area contributed by atoms with Crippen LogP contribution in [0.25, 0.3) is 0 Å². The molecule has 9 heteroatoms. The monoisotopic (exact) mass is 307 g/mol. The van der Waals surface area contributed by atoms with Gasteiger partial charge in [0.25, 0.3) is 0 Å². The minimum Gasteiger partial charge on any atom is -0.494 e. The maximum absolute atomic E-state index is 13.5. The fraction of sp³-hybridized carbons (Fsp3) is 0.364. The number of carboxylic acids is 1. The summed E-state index contributed by atoms with van der Waals surface area (Å²) in [5.41, 5.74) is 0. The quantitative estimate of drug-likeness (QED) is 0.651. The molecule has 0 saturated carbocycles. The first-order valence-electron chi connectivity index (χ1n) is 5.51. The van der Waals surface area contributed by atoms with E-state index in [0.29, 0.717) is 0 Å². The topological polar surface area (TPSA) is 113 Å². The SMILES string of the molecule is COc1ccc(S(=O)(=O)N[C@H](CCO)C(=O)O)cc1F. The number of carbonyl (C=O) groups is 1. The molecule has 0 aromatic heterocycles. The molecule has 0 fully saturated rings. The molecule has 0 aliphatic carbocycles. The van der Waals surface area contributed by atoms with Gasteiger partial charge in [-0.2, -0.15) is 4.72 Å². The Morgan fingerprint density at radius 3 is 2.60 bits per heavy atom. The van der Waals surface area contributed by atoms with E-state index in [1.54, 1.807) is 0 Å². The van der Waals surface area contributed by atoms with Gasteiger partial charge < -0.3 is 14.9 Å². The van der Waals surface area contributed by atoms with Crippen LogP contribution < -0.4 is 9.46 Å². The van der Waals surface area contributed by atoms with Crippen molar-refractivity contribution in [2.75, 3.05) is 13.7 Å². The number of hydrogen-bond donors (Lipinski definition) is 3. The second-order valence-electron chi connectivity index (χ2n) is 3.82. The van der Waals surface area contributed by atoms with Gasteiger partial charge in [0, 0.05) is 6.61 Å². The Labute approximate surface area is 115 Å². The van der Waals surface area contributed by atoms with Crippen LogP contribution in [0.15, 0.2) is 23.1 Å². The molecule has 1 aromatic carbocycles. The molecule has 0 unspecified atom stereocenters. The number of nitrogens with one attached hydrogen (secondary N) is 1. The Bertz CT molecular complexity index is 589. The lowest BCUT2D eigenvalue weighted by atomic mass is 10.2. The largest absolute Gasteiger partial charge is 0.494 e. The third kappa shape index (κ3) is 3.89. The Hall–Kier alpha value is -1.71. The molecule has 20 heavy (non-hydrogen) atoms. The van der Waals surface area contributed by atoms with Crippen LogP contribution in [0, 0.1) is 5.82 Å². The maximum Gasteiger partial charge on any atom is 0.321 e. The summed E-state index contributed by atoms with van der Waals surface area (Å²) in [5, 5.41) is 17.5. The smallest absolute Gasteiger partial charge is 0.321 e. The number of sulfonamides is 1. The number of halogens is 1. The van der Waals surface area contributed by atoms with Crippen LogP contribution in [-0.2, 0) is 14.8 Å². The van der Waals surface area contributed by atoms with Gasteiger partial charge >= 0.3 is 5.97 Å². The van der Waals surface area contributed by atoms with E-state index in [-0.39, 0.29) is 12.2 Å². The molecule has 0 amide bonds. The van der Waals surface area contributed by atoms with Crippen molar-refractivity contribution in [2.24, 2.45) is 0 Å². The number of benzene rings is 1. The molecule has 0 saturated heterocycles. The van der Waals surface area contributed by atoms with Crippen molar-refractivity contribution in [3.63, 3.8) is 0 Å². The fourth-order valence-corrected chi connectivity index (χ4v) is 2.67. The van der Waals surface area contributed by atoms with E-state index in [4.69, 9.17) is 10.2 Å². The summed E-state index contributed by atoms with van der Waals surface area (Å²) in [5.74, 6) is -2.45. The molecule has 0 spiro atoms. The van der Waals surface area contributed by atoms with Crippen molar-refractivity contribution in [2.45, 2.75) is 17.4 Å². The lowest BCUT2D eigenvalue weighted by Gasteiger charge is -2.14. The summed E-state index contributed by atoms with van der Waals surface area (Å²) in [6.07, 6.45) is -0.298. The number of aliphatic hydroxyl groups is 1. The van der Waals surface area contributed by atoms with Gasteiger partial charge in [-0.3, -0.25) is 4.79 Å². The first-order valence-corrected chi connectivity index (χ1v) is 6.99. The van der Waals surface area contributed by atoms with Gasteiger partial charge in [-0.05, 0) is 24.6 Å². The molecule has 1 atom stereocenters. The zero-order chi connectivity index (χ0) is 15.3. The number of carboxylic acid groups (broad SMARTS) is 1. The van der Waals surface area contributed by atoms with Gasteiger partial charge in [-0.1, -0.05) is 0 Å². The highest BCUT2D eigenvalue weighted by molar-refractivity contribution is 7.89. The fourth-order valence-electron chi connectivity index (χ4n) is 1.43. The predicted octanol–water partition coefficient (Wildman–Crippen LogP) is -0.0518. The van der Waals surface area contributed by atoms with Crippen LogP contribution >= 0.6 is 0 Å². The molecule has 0 aliphatic heterocycles. The van der Waals surface area contributed by atoms with Crippen molar-refractivity contribution in [1.29, 1.82) is 0 Å². The average Bonchev–Trinajstić information content (AvgIpc) is 2.37. The Balaban J connectivity index is 3.04. The highest BCUT2D eigenvalue weighted by atomic mass is 32.2. The van der Waals surface area contributed by atoms with E-state index in [2.05, 4.69) is 4.74 Å². The van der Waals surface area contributed by atoms with Crippen molar-refractivity contribution in [3.8, 4) is 5.75 Å². The summed E-state index contributed by atoms with van der Waals surface area (Å²) in [6, 6.07) is 1.43. The van der Waals surface area contributed by atoms with Crippen molar-refractivity contribution in [1.82, 2.24) is 4.72 Å². The van der Waals surface area contributed by atoms with Crippen molar-refractivity contribution in [3.05, 3.63) is 24.0 Å². The normalized spacial score (nSPS) is 12.9. The minimum atomic E-state index is -4.21. The van der Waals surface area contributed by atoms with E-state index in [1.807, 2.05) is 4.72 Å². The highest BCUT2D eigenvalue weighted by Crippen LogP contribution is 2.20. The van der Waals surface area contributed by atoms with Gasteiger partial charge in [0.1, 0.15) is 6.04 Å². The van der Waals surface area contributed by atoms with E-state index in [0.717, 1.165) is 18.2 Å². The van der Waals surface area contributed by atoms with Crippen LogP contribution in [-0.4, -0.2) is 44.4 Å². The molecular formula is C11H14FNO6S. The number of ether oxygens (including phenoxy) is 1. The summed E-state index contributed by atoms with van der Waals surface area (Å²) >= 11 is 0. The van der Waals surface area contributed by atoms with Crippen molar-refractivity contribution >= 4 is 16.0 Å². The van der Waals surface area contributed by atoms with Gasteiger partial charge in [0.2, 0.25) is 10.0 Å². The summed E-state index contributed by atoms with van der Waals surface area (Å²) in [6.45, 7) is -0.504. The second kappa shape index (κ2) is 6.64. The van der Waals surface area contributed by atoms with E-state index in [9.17, 15) is 17.6 Å². The van der Waals surface area contributed by atoms with E-state index in [1.165, 1.54) is 7.11 Å². The zero-order valence-corrected chi connectivity index (χ0v) is 11.4. The maximum atomic E-state index is 13.5. The summed E-state index contributed by atoms with van der Waals surface area (Å²) in [4.78, 5) is 10.4. The summed E-state index contributed by atoms with van der Waals surface area (Å²) in [7, 11) is -2.98. The lowest BCUT2D eigenvalue weighted by molar-refractivity contribution is -0.139. The molecular weight excluding hydrogens is 293 g/mol. The van der Waals surface area contributed by atoms with E-state index >= 15 is 0 Å². The second-order valence-corrected chi connectivity index (χ2v) is 5.53. The first-order chi connectivity index (χ1) is 9.31. The van der Waals surface area contributed by atoms with Crippen LogP contribution in [0.5, 0.6) is 5.75 Å². The molecule has 7 nitrogen and oxygen atoms in total. The number of aliphatic carboxylic acids is 1. The first kappa shape index (κ1) is 16.3. The molecule has 1 aromatic rings. The number of hydrogen-bond acceptors (Lipinski definition) is 5. The average molecular weight is 307 g/mol. The van der Waals surface area contributed by atoms with Crippen LogP contribution in [0.3, 0.4) is 0 Å². The lowest BCUT2D eigenvalue weighted by Crippen LogP contribution is -2.41. The molecule has 3 N–H and O–H groups in total. The van der Waals surface area contributed by atoms with Gasteiger partial charge in [0.05, 0.1) is 12.0 Å². The summed E-state index contributed by atoms with van der Waals surface area (Å²) < 4.78 is 43.8. The molecule has 0 heterocycles. The molecule has 0 radical (unpaired) electrons. The third-order valence-corrected chi connectivity index (χ3v) is 3.92. The standard InChI is InChI=1S/C11H14FNO6S/c1-19-10-3-2-7(6-8(10)12)20(17,18)13-9(4-5-14)11(15)16/h2-3,6,9,13-14H,4-5H2,1H3,(H,15,16)/t9-/m1/s1. The molecule has 112 valence electrons. The number of aliphatic hydroxyl groups excluding tert-OH is 1. The minimum absolute atomic E-state index is 0.130. The number of rotatable bonds is 7. The van der Waals surface area contributed by atoms with Crippen LogP contribution in [0.4, 0.5) is 4.39 Å². The molecule has 0 bridgehead atoms. The van der Waals surface area contributed by atoms with Gasteiger partial charge in [-0.15, -0.1) is 0 Å². The Kier molecular flexibility index (Phi) is 5.43. The highest BCUT2D eigenvalue weighted by Gasteiger charge is 2.25. The van der Waals surface area contributed by atoms with Crippen LogP contribution in [0.1, 0.15) is 6.42 Å². The number of methoxy groups -OCH3 is 1. The van der Waals surface area contributed by atoms with Crippen molar-refractivity contribution < 1.29 is 32.6 Å². The molecule has 1 rings (SSSR count). The third-order valence-electron chi connectivity index (χ3n) is 2.45.